The molecular weight excluding hydrogens is 312 g/mol. The summed E-state index contributed by atoms with van der Waals surface area (Å²) in [6.45, 7) is 4.65. The molecule has 2 heterocycles. The molecule has 0 fully saturated rings. The second-order valence-corrected chi connectivity index (χ2v) is 5.60. The van der Waals surface area contributed by atoms with Crippen molar-refractivity contribution < 1.29 is 9.72 Å². The molecule has 0 saturated heterocycles. The molecule has 24 heavy (non-hydrogen) atoms. The number of nitrogens with zero attached hydrogens (tertiary/aromatic N) is 4. The monoisotopic (exact) mass is 332 g/mol. The fraction of sp³-hybridized carbons (Fsp3) is 0.400. The number of urea groups is 1. The molecule has 0 spiro atoms. The van der Waals surface area contributed by atoms with Gasteiger partial charge in [-0.05, 0) is 18.1 Å². The molecule has 0 aliphatic heterocycles. The third-order valence-electron chi connectivity index (χ3n) is 3.42. The number of hydrogen-bond acceptors (Lipinski definition) is 5. The van der Waals surface area contributed by atoms with Gasteiger partial charge in [0.25, 0.3) is 0 Å². The van der Waals surface area contributed by atoms with Gasteiger partial charge in [-0.1, -0.05) is 19.9 Å². The highest BCUT2D eigenvalue weighted by Gasteiger charge is 2.19. The lowest BCUT2D eigenvalue weighted by molar-refractivity contribution is -0.385. The van der Waals surface area contributed by atoms with Gasteiger partial charge in [0, 0.05) is 12.7 Å². The number of carbonyl (C=O) groups excluding carboxylic acids is 1. The van der Waals surface area contributed by atoms with Crippen LogP contribution >= 0.6 is 0 Å². The second kappa shape index (κ2) is 8.04. The molecule has 1 atom stereocenters. The summed E-state index contributed by atoms with van der Waals surface area (Å²) in [5, 5.41) is 20.1. The Hall–Kier alpha value is -2.97. The minimum atomic E-state index is -0.510. The normalized spacial score (nSPS) is 12.0. The van der Waals surface area contributed by atoms with E-state index in [9.17, 15) is 14.9 Å². The lowest BCUT2D eigenvalue weighted by Gasteiger charge is -2.22. The summed E-state index contributed by atoms with van der Waals surface area (Å²) < 4.78 is 1.41. The topological polar surface area (TPSA) is 115 Å². The number of carbonyl (C=O) groups is 1. The van der Waals surface area contributed by atoms with Crippen LogP contribution in [0.5, 0.6) is 0 Å². The average molecular weight is 332 g/mol. The fourth-order valence-electron chi connectivity index (χ4n) is 2.19. The van der Waals surface area contributed by atoms with Crippen molar-refractivity contribution in [1.82, 2.24) is 25.4 Å². The van der Waals surface area contributed by atoms with Crippen LogP contribution in [0.25, 0.3) is 0 Å². The van der Waals surface area contributed by atoms with Crippen molar-refractivity contribution in [2.24, 2.45) is 5.92 Å². The van der Waals surface area contributed by atoms with Gasteiger partial charge >= 0.3 is 11.7 Å². The van der Waals surface area contributed by atoms with E-state index in [0.717, 1.165) is 5.69 Å². The van der Waals surface area contributed by atoms with Crippen LogP contribution in [0, 0.1) is 16.0 Å². The van der Waals surface area contributed by atoms with E-state index in [2.05, 4.69) is 20.7 Å². The molecule has 2 N–H and O–H groups in total. The summed E-state index contributed by atoms with van der Waals surface area (Å²) in [6, 6.07) is 5.05. The molecule has 0 aliphatic carbocycles. The first kappa shape index (κ1) is 17.4. The van der Waals surface area contributed by atoms with Crippen LogP contribution < -0.4 is 10.6 Å². The van der Waals surface area contributed by atoms with Crippen molar-refractivity contribution in [3.05, 3.63) is 52.6 Å². The van der Waals surface area contributed by atoms with Gasteiger partial charge < -0.3 is 10.6 Å². The van der Waals surface area contributed by atoms with Gasteiger partial charge in [-0.2, -0.15) is 5.10 Å². The maximum atomic E-state index is 12.0. The molecule has 9 heteroatoms. The number of nitrogens with one attached hydrogen (secondary N) is 2. The number of aromatic nitrogens is 3. The van der Waals surface area contributed by atoms with Gasteiger partial charge in [0.1, 0.15) is 12.4 Å². The minimum absolute atomic E-state index is 0.0746. The summed E-state index contributed by atoms with van der Waals surface area (Å²) in [6.07, 6.45) is 4.19. The molecule has 2 rings (SSSR count). The van der Waals surface area contributed by atoms with E-state index in [1.165, 1.54) is 17.1 Å². The van der Waals surface area contributed by atoms with Gasteiger partial charge in [-0.3, -0.25) is 19.8 Å². The first-order valence-corrected chi connectivity index (χ1v) is 7.59. The molecular formula is C15H20N6O3. The largest absolute Gasteiger partial charge is 0.336 e. The van der Waals surface area contributed by atoms with Crippen LogP contribution in [-0.4, -0.2) is 32.3 Å². The average Bonchev–Trinajstić information content (AvgIpc) is 3.02. The van der Waals surface area contributed by atoms with Crippen molar-refractivity contribution in [2.75, 3.05) is 6.54 Å². The van der Waals surface area contributed by atoms with Crippen molar-refractivity contribution in [3.63, 3.8) is 0 Å². The summed E-state index contributed by atoms with van der Waals surface area (Å²) in [7, 11) is 0. The zero-order valence-corrected chi connectivity index (χ0v) is 13.5. The Balaban J connectivity index is 1.84. The maximum Gasteiger partial charge on any atom is 0.315 e. The Kier molecular flexibility index (Phi) is 5.83. The number of hydrogen-bond donors (Lipinski definition) is 2. The number of nitro groups is 1. The standard InChI is InChI=1S/C15H20N6O3/c1-11(2)14(13-5-3-4-6-16-13)19-15(22)17-7-8-20-10-12(9-18-20)21(23)24/h3-6,9-11,14H,7-8H2,1-2H3,(H2,17,19,22). The van der Waals surface area contributed by atoms with Crippen molar-refractivity contribution >= 4 is 11.7 Å². The van der Waals surface area contributed by atoms with E-state index in [0.29, 0.717) is 13.1 Å². The summed E-state index contributed by atoms with van der Waals surface area (Å²) >= 11 is 0. The lowest BCUT2D eigenvalue weighted by atomic mass is 10.0. The number of pyridine rings is 1. The Labute approximate surface area is 139 Å². The molecule has 1 unspecified atom stereocenters. The quantitative estimate of drug-likeness (QED) is 0.593. The number of amides is 2. The lowest BCUT2D eigenvalue weighted by Crippen LogP contribution is -2.41. The predicted molar refractivity (Wildman–Crippen MR) is 87.2 cm³/mol. The summed E-state index contributed by atoms with van der Waals surface area (Å²) in [4.78, 5) is 26.4. The van der Waals surface area contributed by atoms with E-state index in [-0.39, 0.29) is 23.7 Å². The maximum absolute atomic E-state index is 12.0. The summed E-state index contributed by atoms with van der Waals surface area (Å²) in [5.74, 6) is 0.180. The molecule has 9 nitrogen and oxygen atoms in total. The van der Waals surface area contributed by atoms with Crippen molar-refractivity contribution in [2.45, 2.75) is 26.4 Å². The van der Waals surface area contributed by atoms with Crippen molar-refractivity contribution in [1.29, 1.82) is 0 Å². The zero-order valence-electron chi connectivity index (χ0n) is 13.5. The third-order valence-corrected chi connectivity index (χ3v) is 3.42. The zero-order chi connectivity index (χ0) is 17.5. The van der Waals surface area contributed by atoms with Gasteiger partial charge in [0.15, 0.2) is 0 Å². The van der Waals surface area contributed by atoms with E-state index in [1.807, 2.05) is 32.0 Å². The molecule has 2 amide bonds. The van der Waals surface area contributed by atoms with Crippen LogP contribution in [0.4, 0.5) is 10.5 Å². The highest BCUT2D eigenvalue weighted by Crippen LogP contribution is 2.18. The van der Waals surface area contributed by atoms with Gasteiger partial charge in [0.05, 0.1) is 23.2 Å². The minimum Gasteiger partial charge on any atom is -0.336 e. The first-order valence-electron chi connectivity index (χ1n) is 7.59. The Bertz CT molecular complexity index is 686. The highest BCUT2D eigenvalue weighted by atomic mass is 16.6. The van der Waals surface area contributed by atoms with Gasteiger partial charge in [0.2, 0.25) is 0 Å². The fourth-order valence-corrected chi connectivity index (χ4v) is 2.19. The molecule has 2 aromatic rings. The van der Waals surface area contributed by atoms with E-state index in [1.54, 1.807) is 6.20 Å². The van der Waals surface area contributed by atoms with E-state index >= 15 is 0 Å². The molecule has 128 valence electrons. The smallest absolute Gasteiger partial charge is 0.315 e. The SMILES string of the molecule is CC(C)C(NC(=O)NCCn1cc([N+](=O)[O-])cn1)c1ccccn1. The van der Waals surface area contributed by atoms with Crippen LogP contribution in [0.3, 0.4) is 0 Å². The Morgan fingerprint density at radius 3 is 2.79 bits per heavy atom. The van der Waals surface area contributed by atoms with Crippen LogP contribution in [0.1, 0.15) is 25.6 Å². The summed E-state index contributed by atoms with van der Waals surface area (Å²) in [5.41, 5.74) is 0.722. The predicted octanol–water partition coefficient (Wildman–Crippen LogP) is 1.88. The number of rotatable bonds is 7. The molecule has 0 aliphatic rings. The van der Waals surface area contributed by atoms with Crippen LogP contribution in [0.15, 0.2) is 36.8 Å². The molecule has 0 saturated carbocycles. The molecule has 0 aromatic carbocycles. The highest BCUT2D eigenvalue weighted by molar-refractivity contribution is 5.74. The van der Waals surface area contributed by atoms with Crippen molar-refractivity contribution in [3.8, 4) is 0 Å². The molecule has 2 aromatic heterocycles. The van der Waals surface area contributed by atoms with Crippen LogP contribution in [-0.2, 0) is 6.54 Å². The molecule has 0 bridgehead atoms. The van der Waals surface area contributed by atoms with Crippen LogP contribution in [0.2, 0.25) is 0 Å². The Morgan fingerprint density at radius 1 is 1.42 bits per heavy atom. The Morgan fingerprint density at radius 2 is 2.21 bits per heavy atom. The first-order chi connectivity index (χ1) is 11.5. The third kappa shape index (κ3) is 4.77. The van der Waals surface area contributed by atoms with Gasteiger partial charge in [-0.15, -0.1) is 0 Å². The van der Waals surface area contributed by atoms with E-state index < -0.39 is 4.92 Å². The second-order valence-electron chi connectivity index (χ2n) is 5.60. The van der Waals surface area contributed by atoms with E-state index in [4.69, 9.17) is 0 Å². The van der Waals surface area contributed by atoms with Gasteiger partial charge in [-0.25, -0.2) is 4.79 Å². The molecule has 0 radical (unpaired) electrons.